The Morgan fingerprint density at radius 1 is 1.08 bits per heavy atom. The van der Waals surface area contributed by atoms with Crippen LogP contribution < -0.4 is 18.9 Å². The molecule has 0 bridgehead atoms. The predicted molar refractivity (Wildman–Crippen MR) is 89.2 cm³/mol. The molecule has 0 amide bonds. The fourth-order valence-electron chi connectivity index (χ4n) is 2.58. The fourth-order valence-corrected chi connectivity index (χ4v) is 3.65. The normalized spacial score (nSPS) is 13.2. The number of sulfonamides is 1. The Morgan fingerprint density at radius 3 is 2.62 bits per heavy atom. The van der Waals surface area contributed by atoms with Crippen LogP contribution in [0.5, 0.6) is 17.2 Å². The molecule has 0 fully saturated rings. The number of hydrogen-bond donors (Lipinski definition) is 1. The summed E-state index contributed by atoms with van der Waals surface area (Å²) in [6, 6.07) is 10.2. The van der Waals surface area contributed by atoms with Gasteiger partial charge < -0.3 is 14.2 Å². The van der Waals surface area contributed by atoms with E-state index in [2.05, 4.69) is 4.72 Å². The van der Waals surface area contributed by atoms with Gasteiger partial charge in [0, 0.05) is 13.0 Å². The molecule has 1 heterocycles. The SMILES string of the molecule is COc1ccc(CNS(=O)(=O)c2ccc3c(c2)CCO3)cc1OC. The largest absolute Gasteiger partial charge is 0.493 e. The molecule has 0 atom stereocenters. The van der Waals surface area contributed by atoms with Crippen LogP contribution in [0.15, 0.2) is 41.3 Å². The number of nitrogens with one attached hydrogen (secondary N) is 1. The van der Waals surface area contributed by atoms with E-state index in [1.807, 2.05) is 0 Å². The molecule has 1 N–H and O–H groups in total. The van der Waals surface area contributed by atoms with Crippen LogP contribution >= 0.6 is 0 Å². The van der Waals surface area contributed by atoms with Crippen molar-refractivity contribution in [2.45, 2.75) is 17.9 Å². The van der Waals surface area contributed by atoms with E-state index in [0.717, 1.165) is 23.3 Å². The first kappa shape index (κ1) is 16.6. The molecule has 0 aromatic heterocycles. The molecule has 0 radical (unpaired) electrons. The van der Waals surface area contributed by atoms with Crippen LogP contribution in [-0.2, 0) is 23.0 Å². The molecular weight excluding hydrogens is 330 g/mol. The van der Waals surface area contributed by atoms with Gasteiger partial charge in [0.25, 0.3) is 0 Å². The molecule has 7 heteroatoms. The van der Waals surface area contributed by atoms with E-state index in [1.165, 1.54) is 0 Å². The van der Waals surface area contributed by atoms with E-state index in [9.17, 15) is 8.42 Å². The molecule has 24 heavy (non-hydrogen) atoms. The van der Waals surface area contributed by atoms with Gasteiger partial charge in [-0.25, -0.2) is 13.1 Å². The predicted octanol–water partition coefficient (Wildman–Crippen LogP) is 2.12. The summed E-state index contributed by atoms with van der Waals surface area (Å²) in [5.74, 6) is 1.92. The standard InChI is InChI=1S/C17H19NO5S/c1-21-16-5-3-12(9-17(16)22-2)11-18-24(19,20)14-4-6-15-13(10-14)7-8-23-15/h3-6,9-10,18H,7-8,11H2,1-2H3. The lowest BCUT2D eigenvalue weighted by molar-refractivity contribution is 0.354. The second-order valence-electron chi connectivity index (χ2n) is 5.38. The first-order valence-corrected chi connectivity index (χ1v) is 8.98. The molecule has 1 aliphatic rings. The Kier molecular flexibility index (Phi) is 4.64. The number of hydrogen-bond acceptors (Lipinski definition) is 5. The third-order valence-electron chi connectivity index (χ3n) is 3.89. The highest BCUT2D eigenvalue weighted by Crippen LogP contribution is 2.29. The van der Waals surface area contributed by atoms with Crippen molar-refractivity contribution in [2.24, 2.45) is 0 Å². The zero-order valence-corrected chi connectivity index (χ0v) is 14.4. The molecule has 6 nitrogen and oxygen atoms in total. The van der Waals surface area contributed by atoms with Gasteiger partial charge in [0.05, 0.1) is 25.7 Å². The van der Waals surface area contributed by atoms with Gasteiger partial charge in [-0.3, -0.25) is 0 Å². The highest BCUT2D eigenvalue weighted by Gasteiger charge is 2.19. The Morgan fingerprint density at radius 2 is 1.88 bits per heavy atom. The van der Waals surface area contributed by atoms with E-state index >= 15 is 0 Å². The third kappa shape index (κ3) is 3.32. The van der Waals surface area contributed by atoms with Gasteiger partial charge in [-0.1, -0.05) is 6.07 Å². The Balaban J connectivity index is 1.76. The lowest BCUT2D eigenvalue weighted by Gasteiger charge is -2.11. The number of ether oxygens (including phenoxy) is 3. The number of rotatable bonds is 6. The van der Waals surface area contributed by atoms with Gasteiger partial charge in [-0.15, -0.1) is 0 Å². The van der Waals surface area contributed by atoms with Crippen LogP contribution in [0.3, 0.4) is 0 Å². The molecule has 0 unspecified atom stereocenters. The first-order chi connectivity index (χ1) is 11.5. The number of fused-ring (bicyclic) bond motifs is 1. The summed E-state index contributed by atoms with van der Waals surface area (Å²) in [5, 5.41) is 0. The monoisotopic (exact) mass is 349 g/mol. The highest BCUT2D eigenvalue weighted by atomic mass is 32.2. The zero-order valence-electron chi connectivity index (χ0n) is 13.5. The Labute approximate surface area is 141 Å². The van der Waals surface area contributed by atoms with Crippen molar-refractivity contribution in [1.82, 2.24) is 4.72 Å². The summed E-state index contributed by atoms with van der Waals surface area (Å²) in [5.41, 5.74) is 1.70. The van der Waals surface area contributed by atoms with Crippen LogP contribution in [0.2, 0.25) is 0 Å². The van der Waals surface area contributed by atoms with Crippen LogP contribution in [0, 0.1) is 0 Å². The maximum atomic E-state index is 12.5. The molecule has 0 spiro atoms. The smallest absolute Gasteiger partial charge is 0.240 e. The van der Waals surface area contributed by atoms with Crippen molar-refractivity contribution in [3.05, 3.63) is 47.5 Å². The van der Waals surface area contributed by atoms with Crippen molar-refractivity contribution in [1.29, 1.82) is 0 Å². The molecule has 128 valence electrons. The summed E-state index contributed by atoms with van der Waals surface area (Å²) >= 11 is 0. The van der Waals surface area contributed by atoms with Crippen LogP contribution in [-0.4, -0.2) is 29.2 Å². The van der Waals surface area contributed by atoms with Crippen LogP contribution in [0.4, 0.5) is 0 Å². The van der Waals surface area contributed by atoms with Gasteiger partial charge in [-0.05, 0) is 41.5 Å². The Bertz CT molecular complexity index is 848. The quantitative estimate of drug-likeness (QED) is 0.865. The molecule has 3 rings (SSSR count). The Hall–Kier alpha value is -2.25. The second kappa shape index (κ2) is 6.70. The minimum atomic E-state index is -3.59. The van der Waals surface area contributed by atoms with Crippen LogP contribution in [0.1, 0.15) is 11.1 Å². The maximum Gasteiger partial charge on any atom is 0.240 e. The average Bonchev–Trinajstić information content (AvgIpc) is 3.07. The van der Waals surface area contributed by atoms with Crippen LogP contribution in [0.25, 0.3) is 0 Å². The van der Waals surface area contributed by atoms with E-state index in [-0.39, 0.29) is 11.4 Å². The molecule has 2 aromatic carbocycles. The second-order valence-corrected chi connectivity index (χ2v) is 7.15. The summed E-state index contributed by atoms with van der Waals surface area (Å²) in [7, 11) is -0.499. The van der Waals surface area contributed by atoms with Crippen molar-refractivity contribution < 1.29 is 22.6 Å². The fraction of sp³-hybridized carbons (Fsp3) is 0.294. The number of methoxy groups -OCH3 is 2. The molecule has 0 saturated heterocycles. The summed E-state index contributed by atoms with van der Waals surface area (Å²) in [6.45, 7) is 0.758. The van der Waals surface area contributed by atoms with Gasteiger partial charge in [-0.2, -0.15) is 0 Å². The van der Waals surface area contributed by atoms with Crippen molar-refractivity contribution in [2.75, 3.05) is 20.8 Å². The molecular formula is C17H19NO5S. The highest BCUT2D eigenvalue weighted by molar-refractivity contribution is 7.89. The van der Waals surface area contributed by atoms with Gasteiger partial charge in [0.15, 0.2) is 11.5 Å². The average molecular weight is 349 g/mol. The van der Waals surface area contributed by atoms with E-state index in [1.54, 1.807) is 50.6 Å². The van der Waals surface area contributed by atoms with Gasteiger partial charge >= 0.3 is 0 Å². The topological polar surface area (TPSA) is 73.9 Å². The lowest BCUT2D eigenvalue weighted by atomic mass is 10.2. The van der Waals surface area contributed by atoms with Crippen molar-refractivity contribution >= 4 is 10.0 Å². The first-order valence-electron chi connectivity index (χ1n) is 7.50. The molecule has 0 saturated carbocycles. The van der Waals surface area contributed by atoms with Crippen molar-refractivity contribution in [3.63, 3.8) is 0 Å². The molecule has 1 aliphatic heterocycles. The minimum absolute atomic E-state index is 0.163. The maximum absolute atomic E-state index is 12.5. The van der Waals surface area contributed by atoms with E-state index < -0.39 is 10.0 Å². The summed E-state index contributed by atoms with van der Waals surface area (Å²) in [6.07, 6.45) is 0.731. The molecule has 0 aliphatic carbocycles. The van der Waals surface area contributed by atoms with E-state index in [4.69, 9.17) is 14.2 Å². The van der Waals surface area contributed by atoms with Crippen molar-refractivity contribution in [3.8, 4) is 17.2 Å². The number of benzene rings is 2. The minimum Gasteiger partial charge on any atom is -0.493 e. The lowest BCUT2D eigenvalue weighted by Crippen LogP contribution is -2.23. The summed E-state index contributed by atoms with van der Waals surface area (Å²) < 4.78 is 43.4. The third-order valence-corrected chi connectivity index (χ3v) is 5.28. The summed E-state index contributed by atoms with van der Waals surface area (Å²) in [4.78, 5) is 0.243. The van der Waals surface area contributed by atoms with Gasteiger partial charge in [0.2, 0.25) is 10.0 Å². The van der Waals surface area contributed by atoms with Gasteiger partial charge in [0.1, 0.15) is 5.75 Å². The van der Waals surface area contributed by atoms with E-state index in [0.29, 0.717) is 18.1 Å². The zero-order chi connectivity index (χ0) is 17.2. The molecule has 2 aromatic rings.